The predicted octanol–water partition coefficient (Wildman–Crippen LogP) is 2.44. The highest BCUT2D eigenvalue weighted by Gasteiger charge is 2.20. The molecule has 124 valence electrons. The lowest BCUT2D eigenvalue weighted by molar-refractivity contribution is 0.370. The lowest BCUT2D eigenvalue weighted by Gasteiger charge is -2.37. The molecule has 2 heterocycles. The summed E-state index contributed by atoms with van der Waals surface area (Å²) >= 11 is 0. The molecule has 1 N–H and O–H groups in total. The van der Waals surface area contributed by atoms with Crippen molar-refractivity contribution in [2.24, 2.45) is 10.9 Å². The van der Waals surface area contributed by atoms with Gasteiger partial charge in [0.25, 0.3) is 0 Å². The number of hydrogen-bond donors (Lipinski definition) is 1. The zero-order chi connectivity index (χ0) is 15.1. The molecule has 0 saturated carbocycles. The van der Waals surface area contributed by atoms with E-state index in [1.54, 1.807) is 0 Å². The maximum Gasteiger partial charge on any atom is 0.194 e. The monoisotopic (exact) mass is 417 g/mol. The largest absolute Gasteiger partial charge is 0.357 e. The highest BCUT2D eigenvalue weighted by molar-refractivity contribution is 14.0. The molecule has 6 heteroatoms. The molecular weight excluding hydrogens is 389 g/mol. The first kappa shape index (κ1) is 19.0. The number of guanidine groups is 1. The molecule has 0 aliphatic carbocycles. The van der Waals surface area contributed by atoms with E-state index >= 15 is 0 Å². The van der Waals surface area contributed by atoms with Crippen LogP contribution in [-0.4, -0.2) is 55.1 Å². The molecule has 1 aliphatic heterocycles. The number of aromatic nitrogens is 1. The quantitative estimate of drug-likeness (QED) is 0.465. The van der Waals surface area contributed by atoms with Crippen molar-refractivity contribution < 1.29 is 0 Å². The Balaban J connectivity index is 0.00000242. The molecule has 5 nitrogen and oxygen atoms in total. The molecule has 0 amide bonds. The van der Waals surface area contributed by atoms with Crippen LogP contribution < -0.4 is 10.2 Å². The van der Waals surface area contributed by atoms with Crippen LogP contribution in [0.25, 0.3) is 0 Å². The van der Waals surface area contributed by atoms with Crippen LogP contribution >= 0.6 is 24.0 Å². The number of piperazine rings is 1. The van der Waals surface area contributed by atoms with Crippen LogP contribution in [0.2, 0.25) is 0 Å². The van der Waals surface area contributed by atoms with Gasteiger partial charge in [-0.3, -0.25) is 4.99 Å². The standard InChI is InChI=1S/C16H27N5.HI/c1-4-17-16(19-13-14(2)3)21-11-9-20(10-12-21)15-7-5-6-8-18-15;/h5-8,14H,4,9-13H2,1-3H3,(H,17,19);1H. The first-order valence-electron chi connectivity index (χ1n) is 7.90. The lowest BCUT2D eigenvalue weighted by atomic mass is 10.2. The molecule has 0 bridgehead atoms. The zero-order valence-corrected chi connectivity index (χ0v) is 16.2. The molecule has 0 unspecified atom stereocenters. The minimum atomic E-state index is 0. The van der Waals surface area contributed by atoms with Crippen molar-refractivity contribution in [2.45, 2.75) is 20.8 Å². The third kappa shape index (κ3) is 5.62. The van der Waals surface area contributed by atoms with Crippen molar-refractivity contribution in [3.8, 4) is 0 Å². The van der Waals surface area contributed by atoms with Crippen LogP contribution in [-0.2, 0) is 0 Å². The zero-order valence-electron chi connectivity index (χ0n) is 13.8. The lowest BCUT2D eigenvalue weighted by Crippen LogP contribution is -2.52. The molecular formula is C16H28IN5. The average Bonchev–Trinajstić information content (AvgIpc) is 2.52. The third-order valence-corrected chi connectivity index (χ3v) is 3.49. The highest BCUT2D eigenvalue weighted by atomic mass is 127. The Hall–Kier alpha value is -1.05. The normalized spacial score (nSPS) is 15.7. The second-order valence-electron chi connectivity index (χ2n) is 5.75. The fourth-order valence-corrected chi connectivity index (χ4v) is 2.38. The van der Waals surface area contributed by atoms with Gasteiger partial charge in [0.05, 0.1) is 0 Å². The Morgan fingerprint density at radius 3 is 2.55 bits per heavy atom. The predicted molar refractivity (Wildman–Crippen MR) is 104 cm³/mol. The van der Waals surface area contributed by atoms with E-state index in [1.165, 1.54) is 0 Å². The van der Waals surface area contributed by atoms with Crippen LogP contribution in [0.5, 0.6) is 0 Å². The van der Waals surface area contributed by atoms with E-state index in [-0.39, 0.29) is 24.0 Å². The molecule has 0 aromatic carbocycles. The number of rotatable bonds is 4. The van der Waals surface area contributed by atoms with E-state index < -0.39 is 0 Å². The van der Waals surface area contributed by atoms with Gasteiger partial charge < -0.3 is 15.1 Å². The number of hydrogen-bond acceptors (Lipinski definition) is 3. The SMILES string of the molecule is CCNC(=NCC(C)C)N1CCN(c2ccccn2)CC1.I. The maximum absolute atomic E-state index is 4.73. The molecule has 22 heavy (non-hydrogen) atoms. The summed E-state index contributed by atoms with van der Waals surface area (Å²) in [6.07, 6.45) is 1.86. The Morgan fingerprint density at radius 2 is 2.00 bits per heavy atom. The summed E-state index contributed by atoms with van der Waals surface area (Å²) in [6.45, 7) is 12.3. The van der Waals surface area contributed by atoms with Crippen molar-refractivity contribution in [3.05, 3.63) is 24.4 Å². The summed E-state index contributed by atoms with van der Waals surface area (Å²) in [5.74, 6) is 2.71. The molecule has 0 atom stereocenters. The molecule has 1 aromatic heterocycles. The van der Waals surface area contributed by atoms with E-state index in [0.717, 1.165) is 51.0 Å². The van der Waals surface area contributed by atoms with Gasteiger partial charge in [-0.1, -0.05) is 19.9 Å². The van der Waals surface area contributed by atoms with Crippen LogP contribution in [0.4, 0.5) is 5.82 Å². The van der Waals surface area contributed by atoms with Gasteiger partial charge in [-0.25, -0.2) is 4.98 Å². The van der Waals surface area contributed by atoms with Crippen molar-refractivity contribution in [2.75, 3.05) is 44.2 Å². The summed E-state index contributed by atoms with van der Waals surface area (Å²) in [5, 5.41) is 3.40. The first-order chi connectivity index (χ1) is 10.2. The van der Waals surface area contributed by atoms with Gasteiger partial charge >= 0.3 is 0 Å². The molecule has 1 aliphatic rings. The second kappa shape index (κ2) is 9.86. The number of nitrogens with zero attached hydrogens (tertiary/aromatic N) is 4. The Bertz CT molecular complexity index is 441. The van der Waals surface area contributed by atoms with Crippen molar-refractivity contribution in [1.29, 1.82) is 0 Å². The summed E-state index contributed by atoms with van der Waals surface area (Å²) < 4.78 is 0. The smallest absolute Gasteiger partial charge is 0.194 e. The van der Waals surface area contributed by atoms with Crippen LogP contribution in [0, 0.1) is 5.92 Å². The van der Waals surface area contributed by atoms with Crippen molar-refractivity contribution >= 4 is 35.8 Å². The van der Waals surface area contributed by atoms with Gasteiger partial charge in [-0.2, -0.15) is 0 Å². The Morgan fingerprint density at radius 1 is 1.27 bits per heavy atom. The molecule has 0 spiro atoms. The van der Waals surface area contributed by atoms with Gasteiger partial charge in [-0.15, -0.1) is 24.0 Å². The Labute approximate surface area is 151 Å². The average molecular weight is 417 g/mol. The number of anilines is 1. The minimum absolute atomic E-state index is 0. The summed E-state index contributed by atoms with van der Waals surface area (Å²) in [7, 11) is 0. The molecule has 0 radical (unpaired) electrons. The highest BCUT2D eigenvalue weighted by Crippen LogP contribution is 2.12. The fourth-order valence-electron chi connectivity index (χ4n) is 2.38. The van der Waals surface area contributed by atoms with E-state index in [1.807, 2.05) is 18.3 Å². The van der Waals surface area contributed by atoms with E-state index in [9.17, 15) is 0 Å². The number of aliphatic imine (C=N–C) groups is 1. The van der Waals surface area contributed by atoms with Gasteiger partial charge in [0, 0.05) is 45.5 Å². The second-order valence-corrected chi connectivity index (χ2v) is 5.75. The molecule has 1 saturated heterocycles. The van der Waals surface area contributed by atoms with Gasteiger partial charge in [0.15, 0.2) is 5.96 Å². The topological polar surface area (TPSA) is 43.8 Å². The molecule has 1 fully saturated rings. The van der Waals surface area contributed by atoms with E-state index in [0.29, 0.717) is 5.92 Å². The van der Waals surface area contributed by atoms with Crippen molar-refractivity contribution in [1.82, 2.24) is 15.2 Å². The summed E-state index contributed by atoms with van der Waals surface area (Å²) in [6, 6.07) is 6.08. The molecule has 1 aromatic rings. The van der Waals surface area contributed by atoms with Crippen molar-refractivity contribution in [3.63, 3.8) is 0 Å². The third-order valence-electron chi connectivity index (χ3n) is 3.49. The summed E-state index contributed by atoms with van der Waals surface area (Å²) in [5.41, 5.74) is 0. The first-order valence-corrected chi connectivity index (χ1v) is 7.90. The fraction of sp³-hybridized carbons (Fsp3) is 0.625. The van der Waals surface area contributed by atoms with Crippen LogP contribution in [0.1, 0.15) is 20.8 Å². The maximum atomic E-state index is 4.73. The number of nitrogens with one attached hydrogen (secondary N) is 1. The van der Waals surface area contributed by atoms with Gasteiger partial charge in [0.2, 0.25) is 0 Å². The van der Waals surface area contributed by atoms with Gasteiger partial charge in [-0.05, 0) is 25.0 Å². The molecule has 2 rings (SSSR count). The van der Waals surface area contributed by atoms with Crippen LogP contribution in [0.15, 0.2) is 29.4 Å². The summed E-state index contributed by atoms with van der Waals surface area (Å²) in [4.78, 5) is 13.8. The number of pyridine rings is 1. The van der Waals surface area contributed by atoms with E-state index in [4.69, 9.17) is 4.99 Å². The minimum Gasteiger partial charge on any atom is -0.357 e. The van der Waals surface area contributed by atoms with Crippen LogP contribution in [0.3, 0.4) is 0 Å². The van der Waals surface area contributed by atoms with E-state index in [2.05, 4.69) is 46.9 Å². The number of halogens is 1. The Kier molecular flexibility index (Phi) is 8.52. The van der Waals surface area contributed by atoms with Gasteiger partial charge in [0.1, 0.15) is 5.82 Å².